The SMILES string of the molecule is Cc1cccc(N(CCC(=O)O)CCN2CCCCC2)c1. The highest BCUT2D eigenvalue weighted by atomic mass is 16.4. The molecule has 0 saturated carbocycles. The first-order chi connectivity index (χ1) is 10.1. The molecule has 1 N–H and O–H groups in total. The maximum absolute atomic E-state index is 10.9. The second-order valence-electron chi connectivity index (χ2n) is 5.87. The predicted octanol–water partition coefficient (Wildman–Crippen LogP) is 2.76. The Kier molecular flexibility index (Phi) is 6.05. The van der Waals surface area contributed by atoms with Gasteiger partial charge in [0.1, 0.15) is 0 Å². The Hall–Kier alpha value is -1.55. The zero-order valence-corrected chi connectivity index (χ0v) is 12.9. The summed E-state index contributed by atoms with van der Waals surface area (Å²) in [6.45, 7) is 6.93. The van der Waals surface area contributed by atoms with Gasteiger partial charge in [-0.05, 0) is 50.6 Å². The number of anilines is 1. The predicted molar refractivity (Wildman–Crippen MR) is 85.9 cm³/mol. The molecule has 4 heteroatoms. The van der Waals surface area contributed by atoms with Gasteiger partial charge in [0.05, 0.1) is 6.42 Å². The van der Waals surface area contributed by atoms with E-state index in [1.54, 1.807) is 0 Å². The molecule has 1 saturated heterocycles. The Morgan fingerprint density at radius 2 is 2.00 bits per heavy atom. The van der Waals surface area contributed by atoms with Gasteiger partial charge in [-0.2, -0.15) is 0 Å². The smallest absolute Gasteiger partial charge is 0.305 e. The first-order valence-electron chi connectivity index (χ1n) is 7.91. The van der Waals surface area contributed by atoms with Gasteiger partial charge in [-0.25, -0.2) is 0 Å². The minimum atomic E-state index is -0.731. The van der Waals surface area contributed by atoms with Crippen molar-refractivity contribution in [1.82, 2.24) is 4.90 Å². The summed E-state index contributed by atoms with van der Waals surface area (Å²) in [6.07, 6.45) is 4.12. The molecule has 1 aliphatic rings. The van der Waals surface area contributed by atoms with E-state index in [1.807, 2.05) is 6.07 Å². The van der Waals surface area contributed by atoms with Crippen LogP contribution in [0.2, 0.25) is 0 Å². The standard InChI is InChI=1S/C17H26N2O2/c1-15-6-5-7-16(14-15)19(11-8-17(20)21)13-12-18-9-3-2-4-10-18/h5-7,14H,2-4,8-13H2,1H3,(H,20,21). The molecule has 4 nitrogen and oxygen atoms in total. The number of aryl methyl sites for hydroxylation is 1. The Morgan fingerprint density at radius 3 is 2.67 bits per heavy atom. The fourth-order valence-electron chi connectivity index (χ4n) is 2.87. The maximum atomic E-state index is 10.9. The van der Waals surface area contributed by atoms with E-state index in [0.717, 1.165) is 18.8 Å². The molecule has 1 aliphatic heterocycles. The van der Waals surface area contributed by atoms with Crippen LogP contribution in [0.4, 0.5) is 5.69 Å². The van der Waals surface area contributed by atoms with Crippen LogP contribution in [0.1, 0.15) is 31.2 Å². The van der Waals surface area contributed by atoms with Crippen LogP contribution in [-0.4, -0.2) is 48.7 Å². The molecule has 0 atom stereocenters. The number of hydrogen-bond donors (Lipinski definition) is 1. The zero-order chi connectivity index (χ0) is 15.1. The molecule has 0 aromatic heterocycles. The van der Waals surface area contributed by atoms with E-state index in [4.69, 9.17) is 5.11 Å². The second kappa shape index (κ2) is 8.03. The van der Waals surface area contributed by atoms with E-state index in [1.165, 1.54) is 37.9 Å². The summed E-state index contributed by atoms with van der Waals surface area (Å²) >= 11 is 0. The van der Waals surface area contributed by atoms with Gasteiger partial charge in [0.15, 0.2) is 0 Å². The maximum Gasteiger partial charge on any atom is 0.305 e. The molecule has 1 heterocycles. The van der Waals surface area contributed by atoms with Crippen molar-refractivity contribution in [3.63, 3.8) is 0 Å². The fourth-order valence-corrected chi connectivity index (χ4v) is 2.87. The largest absolute Gasteiger partial charge is 0.481 e. The van der Waals surface area contributed by atoms with Gasteiger partial charge in [-0.1, -0.05) is 18.6 Å². The van der Waals surface area contributed by atoms with Crippen LogP contribution in [0.5, 0.6) is 0 Å². The third-order valence-electron chi connectivity index (χ3n) is 4.10. The summed E-state index contributed by atoms with van der Waals surface area (Å²) in [5.74, 6) is -0.731. The minimum Gasteiger partial charge on any atom is -0.481 e. The Labute approximate surface area is 127 Å². The molecule has 0 aliphatic carbocycles. The van der Waals surface area contributed by atoms with E-state index >= 15 is 0 Å². The van der Waals surface area contributed by atoms with Crippen LogP contribution in [0.25, 0.3) is 0 Å². The van der Waals surface area contributed by atoms with Crippen LogP contribution in [0.3, 0.4) is 0 Å². The van der Waals surface area contributed by atoms with Crippen molar-refractivity contribution >= 4 is 11.7 Å². The number of hydrogen-bond acceptors (Lipinski definition) is 3. The van der Waals surface area contributed by atoms with Crippen molar-refractivity contribution in [3.8, 4) is 0 Å². The highest BCUT2D eigenvalue weighted by Crippen LogP contribution is 2.17. The second-order valence-corrected chi connectivity index (χ2v) is 5.87. The number of nitrogens with zero attached hydrogens (tertiary/aromatic N) is 2. The Bertz CT molecular complexity index is 456. The first kappa shape index (κ1) is 15.8. The highest BCUT2D eigenvalue weighted by molar-refractivity contribution is 5.67. The number of carboxylic acid groups (broad SMARTS) is 1. The number of likely N-dealkylation sites (tertiary alicyclic amines) is 1. The molecule has 21 heavy (non-hydrogen) atoms. The van der Waals surface area contributed by atoms with Crippen molar-refractivity contribution in [3.05, 3.63) is 29.8 Å². The molecule has 2 rings (SSSR count). The Balaban J connectivity index is 1.95. The van der Waals surface area contributed by atoms with Gasteiger partial charge < -0.3 is 14.9 Å². The molecular formula is C17H26N2O2. The van der Waals surface area contributed by atoms with Crippen LogP contribution in [0.15, 0.2) is 24.3 Å². The van der Waals surface area contributed by atoms with E-state index in [9.17, 15) is 4.79 Å². The quantitative estimate of drug-likeness (QED) is 0.838. The van der Waals surface area contributed by atoms with Crippen molar-refractivity contribution in [2.24, 2.45) is 0 Å². The van der Waals surface area contributed by atoms with E-state index in [-0.39, 0.29) is 6.42 Å². The summed E-state index contributed by atoms with van der Waals surface area (Å²) in [4.78, 5) is 15.6. The monoisotopic (exact) mass is 290 g/mol. The fraction of sp³-hybridized carbons (Fsp3) is 0.588. The number of carboxylic acids is 1. The molecular weight excluding hydrogens is 264 g/mol. The summed E-state index contributed by atoms with van der Waals surface area (Å²) in [5.41, 5.74) is 2.35. The third kappa shape index (κ3) is 5.38. The van der Waals surface area contributed by atoms with Gasteiger partial charge >= 0.3 is 5.97 Å². The molecule has 0 bridgehead atoms. The van der Waals surface area contributed by atoms with E-state index < -0.39 is 5.97 Å². The number of carbonyl (C=O) groups is 1. The number of piperidine rings is 1. The van der Waals surface area contributed by atoms with Gasteiger partial charge in [-0.15, -0.1) is 0 Å². The van der Waals surface area contributed by atoms with Crippen molar-refractivity contribution in [2.45, 2.75) is 32.6 Å². The molecule has 0 radical (unpaired) electrons. The third-order valence-corrected chi connectivity index (χ3v) is 4.10. The highest BCUT2D eigenvalue weighted by Gasteiger charge is 2.13. The van der Waals surface area contributed by atoms with Crippen LogP contribution < -0.4 is 4.90 Å². The molecule has 0 unspecified atom stereocenters. The minimum absolute atomic E-state index is 0.188. The Morgan fingerprint density at radius 1 is 1.24 bits per heavy atom. The summed E-state index contributed by atoms with van der Waals surface area (Å²) < 4.78 is 0. The molecule has 1 fully saturated rings. The van der Waals surface area contributed by atoms with Gasteiger partial charge in [0.2, 0.25) is 0 Å². The van der Waals surface area contributed by atoms with Crippen LogP contribution in [0, 0.1) is 6.92 Å². The lowest BCUT2D eigenvalue weighted by atomic mass is 10.1. The number of aliphatic carboxylic acids is 1. The summed E-state index contributed by atoms with van der Waals surface area (Å²) in [5, 5.41) is 8.94. The van der Waals surface area contributed by atoms with Crippen LogP contribution in [-0.2, 0) is 4.79 Å². The lowest BCUT2D eigenvalue weighted by molar-refractivity contribution is -0.136. The number of rotatable bonds is 7. The molecule has 0 amide bonds. The summed E-state index contributed by atoms with van der Waals surface area (Å²) in [6, 6.07) is 8.33. The molecule has 0 spiro atoms. The van der Waals surface area contributed by atoms with E-state index in [2.05, 4.69) is 34.9 Å². The average Bonchev–Trinajstić information content (AvgIpc) is 2.48. The number of benzene rings is 1. The van der Waals surface area contributed by atoms with E-state index in [0.29, 0.717) is 6.54 Å². The topological polar surface area (TPSA) is 43.8 Å². The van der Waals surface area contributed by atoms with Gasteiger partial charge in [0, 0.05) is 25.3 Å². The first-order valence-corrected chi connectivity index (χ1v) is 7.91. The average molecular weight is 290 g/mol. The van der Waals surface area contributed by atoms with Crippen molar-refractivity contribution in [2.75, 3.05) is 37.6 Å². The van der Waals surface area contributed by atoms with Crippen LogP contribution >= 0.6 is 0 Å². The molecule has 1 aromatic rings. The normalized spacial score (nSPS) is 15.9. The molecule has 116 valence electrons. The molecule has 1 aromatic carbocycles. The van der Waals surface area contributed by atoms with Crippen molar-refractivity contribution in [1.29, 1.82) is 0 Å². The lowest BCUT2D eigenvalue weighted by Gasteiger charge is -2.31. The lowest BCUT2D eigenvalue weighted by Crippen LogP contribution is -2.38. The zero-order valence-electron chi connectivity index (χ0n) is 12.9. The van der Waals surface area contributed by atoms with Gasteiger partial charge in [-0.3, -0.25) is 4.79 Å². The van der Waals surface area contributed by atoms with Gasteiger partial charge in [0.25, 0.3) is 0 Å². The summed E-state index contributed by atoms with van der Waals surface area (Å²) in [7, 11) is 0. The van der Waals surface area contributed by atoms with Crippen molar-refractivity contribution < 1.29 is 9.90 Å².